The van der Waals surface area contributed by atoms with E-state index in [0.29, 0.717) is 17.0 Å². The average molecular weight is 304 g/mol. The fraction of sp³-hybridized carbons (Fsp3) is 0. The molecule has 7 heteroatoms. The Balaban J connectivity index is 1.67. The summed E-state index contributed by atoms with van der Waals surface area (Å²) in [4.78, 5) is 16.6. The lowest BCUT2D eigenvalue weighted by Crippen LogP contribution is -2.14. The highest BCUT2D eigenvalue weighted by molar-refractivity contribution is 6.04. The normalized spacial score (nSPS) is 10.8. The first kappa shape index (κ1) is 13.2. The molecule has 0 saturated carbocycles. The maximum atomic E-state index is 12.5. The van der Waals surface area contributed by atoms with Gasteiger partial charge in [0.25, 0.3) is 5.91 Å². The molecule has 3 heterocycles. The van der Waals surface area contributed by atoms with Crippen LogP contribution in [0.4, 0.5) is 5.69 Å². The van der Waals surface area contributed by atoms with Crippen molar-refractivity contribution in [2.45, 2.75) is 0 Å². The average Bonchev–Trinajstić information content (AvgIpc) is 3.25. The predicted molar refractivity (Wildman–Crippen MR) is 84.5 cm³/mol. The monoisotopic (exact) mass is 304 g/mol. The zero-order valence-corrected chi connectivity index (χ0v) is 12.0. The fourth-order valence-electron chi connectivity index (χ4n) is 2.32. The van der Waals surface area contributed by atoms with Gasteiger partial charge in [0.15, 0.2) is 11.3 Å². The second-order valence-corrected chi connectivity index (χ2v) is 4.87. The molecular weight excluding hydrogens is 292 g/mol. The standard InChI is InChI=1S/C16H12N6O/c23-16(13-11-15-17-7-3-10-22(15)20-13)19-12-5-1-2-6-14(12)21-9-4-8-18-21/h1-11H,(H,19,23). The first-order valence-electron chi connectivity index (χ1n) is 7.02. The van der Waals surface area contributed by atoms with Crippen molar-refractivity contribution < 1.29 is 4.79 Å². The molecule has 4 rings (SSSR count). The molecular formula is C16H12N6O. The third-order valence-electron chi connectivity index (χ3n) is 3.37. The predicted octanol–water partition coefficient (Wildman–Crippen LogP) is 2.17. The van der Waals surface area contributed by atoms with E-state index in [1.54, 1.807) is 39.9 Å². The lowest BCUT2D eigenvalue weighted by Gasteiger charge is -2.09. The Bertz CT molecular complexity index is 940. The van der Waals surface area contributed by atoms with Crippen LogP contribution in [-0.4, -0.2) is 30.3 Å². The van der Waals surface area contributed by atoms with Crippen molar-refractivity contribution in [1.29, 1.82) is 0 Å². The van der Waals surface area contributed by atoms with E-state index in [-0.39, 0.29) is 5.91 Å². The minimum Gasteiger partial charge on any atom is -0.319 e. The van der Waals surface area contributed by atoms with Gasteiger partial charge in [0.1, 0.15) is 0 Å². The molecule has 1 aromatic carbocycles. The van der Waals surface area contributed by atoms with E-state index in [9.17, 15) is 4.79 Å². The lowest BCUT2D eigenvalue weighted by atomic mass is 10.2. The Hall–Kier alpha value is -3.48. The summed E-state index contributed by atoms with van der Waals surface area (Å²) in [5, 5.41) is 11.3. The number of anilines is 1. The first-order valence-corrected chi connectivity index (χ1v) is 7.02. The largest absolute Gasteiger partial charge is 0.319 e. The van der Waals surface area contributed by atoms with Gasteiger partial charge in [-0.3, -0.25) is 4.79 Å². The van der Waals surface area contributed by atoms with E-state index in [4.69, 9.17) is 0 Å². The summed E-state index contributed by atoms with van der Waals surface area (Å²) in [6.07, 6.45) is 6.91. The topological polar surface area (TPSA) is 77.1 Å². The molecule has 0 aliphatic carbocycles. The molecule has 4 aromatic rings. The highest BCUT2D eigenvalue weighted by Crippen LogP contribution is 2.19. The van der Waals surface area contributed by atoms with Crippen molar-refractivity contribution in [2.24, 2.45) is 0 Å². The number of nitrogens with one attached hydrogen (secondary N) is 1. The van der Waals surface area contributed by atoms with Crippen molar-refractivity contribution in [3.8, 4) is 5.69 Å². The number of benzene rings is 1. The van der Waals surface area contributed by atoms with Gasteiger partial charge in [-0.2, -0.15) is 10.2 Å². The Kier molecular flexibility index (Phi) is 3.09. The second kappa shape index (κ2) is 5.38. The summed E-state index contributed by atoms with van der Waals surface area (Å²) in [6, 6.07) is 12.7. The summed E-state index contributed by atoms with van der Waals surface area (Å²) in [5.41, 5.74) is 2.37. The summed E-state index contributed by atoms with van der Waals surface area (Å²) in [5.74, 6) is -0.296. The van der Waals surface area contributed by atoms with Gasteiger partial charge >= 0.3 is 0 Å². The molecule has 0 spiro atoms. The number of para-hydroxylation sites is 2. The van der Waals surface area contributed by atoms with E-state index in [0.717, 1.165) is 5.69 Å². The minimum absolute atomic E-state index is 0.296. The fourth-order valence-corrected chi connectivity index (χ4v) is 2.32. The maximum Gasteiger partial charge on any atom is 0.276 e. The van der Waals surface area contributed by atoms with Crippen molar-refractivity contribution in [3.63, 3.8) is 0 Å². The van der Waals surface area contributed by atoms with Crippen molar-refractivity contribution in [1.82, 2.24) is 24.4 Å². The van der Waals surface area contributed by atoms with Crippen molar-refractivity contribution >= 4 is 17.2 Å². The highest BCUT2D eigenvalue weighted by atomic mass is 16.2. The molecule has 1 amide bonds. The highest BCUT2D eigenvalue weighted by Gasteiger charge is 2.14. The number of aromatic nitrogens is 5. The molecule has 0 aliphatic rings. The lowest BCUT2D eigenvalue weighted by molar-refractivity contribution is 0.102. The van der Waals surface area contributed by atoms with Crippen LogP contribution >= 0.6 is 0 Å². The smallest absolute Gasteiger partial charge is 0.276 e. The summed E-state index contributed by atoms with van der Waals surface area (Å²) < 4.78 is 3.26. The SMILES string of the molecule is O=C(Nc1ccccc1-n1cccn1)c1cc2ncccn2n1. The molecule has 0 fully saturated rings. The third kappa shape index (κ3) is 2.44. The molecule has 3 aromatic heterocycles. The van der Waals surface area contributed by atoms with Gasteiger partial charge in [-0.05, 0) is 24.3 Å². The Morgan fingerprint density at radius 2 is 1.91 bits per heavy atom. The van der Waals surface area contributed by atoms with Crippen LogP contribution in [0.1, 0.15) is 10.5 Å². The van der Waals surface area contributed by atoms with Crippen LogP contribution in [-0.2, 0) is 0 Å². The third-order valence-corrected chi connectivity index (χ3v) is 3.37. The summed E-state index contributed by atoms with van der Waals surface area (Å²) in [7, 11) is 0. The van der Waals surface area contributed by atoms with Gasteiger partial charge in [0.05, 0.1) is 11.4 Å². The van der Waals surface area contributed by atoms with Crippen LogP contribution in [0.2, 0.25) is 0 Å². The Morgan fingerprint density at radius 3 is 2.74 bits per heavy atom. The van der Waals surface area contributed by atoms with Gasteiger partial charge in [0.2, 0.25) is 0 Å². The van der Waals surface area contributed by atoms with Gasteiger partial charge in [-0.15, -0.1) is 0 Å². The Labute approximate surface area is 131 Å². The molecule has 23 heavy (non-hydrogen) atoms. The van der Waals surface area contributed by atoms with Gasteiger partial charge in [-0.25, -0.2) is 14.2 Å². The number of carbonyl (C=O) groups is 1. The molecule has 0 unspecified atom stereocenters. The molecule has 0 atom stereocenters. The van der Waals surface area contributed by atoms with Crippen molar-refractivity contribution in [2.75, 3.05) is 5.32 Å². The number of rotatable bonds is 3. The summed E-state index contributed by atoms with van der Waals surface area (Å²) in [6.45, 7) is 0. The van der Waals surface area contributed by atoms with E-state index < -0.39 is 0 Å². The number of amides is 1. The first-order chi connectivity index (χ1) is 11.3. The zero-order chi connectivity index (χ0) is 15.6. The maximum absolute atomic E-state index is 12.5. The van der Waals surface area contributed by atoms with Crippen LogP contribution in [0.3, 0.4) is 0 Å². The van der Waals surface area contributed by atoms with Gasteiger partial charge in [-0.1, -0.05) is 12.1 Å². The Morgan fingerprint density at radius 1 is 1.04 bits per heavy atom. The van der Waals surface area contributed by atoms with Crippen LogP contribution in [0.15, 0.2) is 67.3 Å². The van der Waals surface area contributed by atoms with Crippen LogP contribution in [0.25, 0.3) is 11.3 Å². The summed E-state index contributed by atoms with van der Waals surface area (Å²) >= 11 is 0. The van der Waals surface area contributed by atoms with E-state index in [1.165, 1.54) is 0 Å². The van der Waals surface area contributed by atoms with E-state index >= 15 is 0 Å². The number of carbonyl (C=O) groups excluding carboxylic acids is 1. The van der Waals surface area contributed by atoms with E-state index in [1.807, 2.05) is 36.5 Å². The molecule has 112 valence electrons. The number of hydrogen-bond donors (Lipinski definition) is 1. The number of hydrogen-bond acceptors (Lipinski definition) is 4. The van der Waals surface area contributed by atoms with Gasteiger partial charge in [0, 0.05) is 30.9 Å². The number of nitrogens with zero attached hydrogens (tertiary/aromatic N) is 5. The quantitative estimate of drug-likeness (QED) is 0.629. The van der Waals surface area contributed by atoms with Crippen LogP contribution in [0.5, 0.6) is 0 Å². The second-order valence-electron chi connectivity index (χ2n) is 4.87. The van der Waals surface area contributed by atoms with E-state index in [2.05, 4.69) is 20.5 Å². The minimum atomic E-state index is -0.296. The van der Waals surface area contributed by atoms with Crippen LogP contribution < -0.4 is 5.32 Å². The van der Waals surface area contributed by atoms with Crippen LogP contribution in [0, 0.1) is 0 Å². The molecule has 0 aliphatic heterocycles. The molecule has 0 radical (unpaired) electrons. The molecule has 0 bridgehead atoms. The number of fused-ring (bicyclic) bond motifs is 1. The van der Waals surface area contributed by atoms with Gasteiger partial charge < -0.3 is 5.32 Å². The molecule has 7 nitrogen and oxygen atoms in total. The molecule has 0 saturated heterocycles. The van der Waals surface area contributed by atoms with Crippen molar-refractivity contribution in [3.05, 3.63) is 72.9 Å². The zero-order valence-electron chi connectivity index (χ0n) is 12.0. The molecule has 1 N–H and O–H groups in total.